The van der Waals surface area contributed by atoms with Crippen molar-refractivity contribution in [2.75, 3.05) is 26.4 Å². The molecule has 0 amide bonds. The molecular weight excluding hydrogens is 170 g/mol. The summed E-state index contributed by atoms with van der Waals surface area (Å²) < 4.78 is 0. The molecule has 1 rings (SSSR count). The van der Waals surface area contributed by atoms with E-state index in [4.69, 9.17) is 0 Å². The van der Waals surface area contributed by atoms with Crippen LogP contribution in [0, 0.1) is 0 Å². The van der Waals surface area contributed by atoms with Gasteiger partial charge in [0.05, 0.1) is 5.25 Å². The van der Waals surface area contributed by atoms with Crippen molar-refractivity contribution in [3.05, 3.63) is 0 Å². The SMILES string of the molecule is CN(C)CCSC1CCCC1=O. The zero-order chi connectivity index (χ0) is 8.97. The summed E-state index contributed by atoms with van der Waals surface area (Å²) in [5, 5.41) is 0.324. The first-order valence-corrected chi connectivity index (χ1v) is 5.54. The molecule has 0 aromatic carbocycles. The molecule has 0 aromatic rings. The van der Waals surface area contributed by atoms with Gasteiger partial charge in [-0.15, -0.1) is 11.8 Å². The summed E-state index contributed by atoms with van der Waals surface area (Å²) in [7, 11) is 4.13. The molecule has 0 aromatic heterocycles. The minimum absolute atomic E-state index is 0.324. The van der Waals surface area contributed by atoms with Gasteiger partial charge in [-0.2, -0.15) is 0 Å². The monoisotopic (exact) mass is 187 g/mol. The van der Waals surface area contributed by atoms with Crippen molar-refractivity contribution >= 4 is 17.5 Å². The van der Waals surface area contributed by atoms with Crippen LogP contribution in [0.5, 0.6) is 0 Å². The van der Waals surface area contributed by atoms with Gasteiger partial charge in [0.15, 0.2) is 0 Å². The van der Waals surface area contributed by atoms with Gasteiger partial charge in [-0.05, 0) is 26.9 Å². The second-order valence-corrected chi connectivity index (χ2v) is 4.83. The van der Waals surface area contributed by atoms with Gasteiger partial charge >= 0.3 is 0 Å². The van der Waals surface area contributed by atoms with Crippen LogP contribution in [0.2, 0.25) is 0 Å². The predicted molar refractivity (Wildman–Crippen MR) is 53.7 cm³/mol. The Morgan fingerprint density at radius 2 is 2.33 bits per heavy atom. The maximum atomic E-state index is 11.2. The van der Waals surface area contributed by atoms with Gasteiger partial charge in [0.1, 0.15) is 5.78 Å². The van der Waals surface area contributed by atoms with E-state index in [1.165, 1.54) is 0 Å². The van der Waals surface area contributed by atoms with E-state index in [1.807, 2.05) is 11.8 Å². The largest absolute Gasteiger partial charge is 0.309 e. The van der Waals surface area contributed by atoms with E-state index in [0.29, 0.717) is 11.0 Å². The fourth-order valence-corrected chi connectivity index (χ4v) is 2.73. The number of carbonyl (C=O) groups is 1. The second kappa shape index (κ2) is 4.87. The van der Waals surface area contributed by atoms with Crippen LogP contribution in [0.15, 0.2) is 0 Å². The molecule has 1 atom stereocenters. The highest BCUT2D eigenvalue weighted by atomic mass is 32.2. The summed E-state index contributed by atoms with van der Waals surface area (Å²) in [5.41, 5.74) is 0. The van der Waals surface area contributed by atoms with Crippen molar-refractivity contribution < 1.29 is 4.79 Å². The lowest BCUT2D eigenvalue weighted by molar-refractivity contribution is -0.116. The van der Waals surface area contributed by atoms with E-state index in [2.05, 4.69) is 19.0 Å². The standard InChI is InChI=1S/C9H17NOS/c1-10(2)6-7-12-9-5-3-4-8(9)11/h9H,3-7H2,1-2H3. The molecule has 3 heteroatoms. The number of hydrogen-bond donors (Lipinski definition) is 0. The number of nitrogens with zero attached hydrogens (tertiary/aromatic N) is 1. The Hall–Kier alpha value is -0.0200. The lowest BCUT2D eigenvalue weighted by Crippen LogP contribution is -2.17. The minimum Gasteiger partial charge on any atom is -0.309 e. The van der Waals surface area contributed by atoms with Crippen LogP contribution in [0.4, 0.5) is 0 Å². The van der Waals surface area contributed by atoms with E-state index in [0.717, 1.165) is 31.6 Å². The summed E-state index contributed by atoms with van der Waals surface area (Å²) in [5.74, 6) is 1.56. The third-order valence-electron chi connectivity index (χ3n) is 2.11. The Morgan fingerprint density at radius 3 is 2.83 bits per heavy atom. The first-order valence-electron chi connectivity index (χ1n) is 4.49. The molecule has 1 saturated carbocycles. The van der Waals surface area contributed by atoms with Crippen molar-refractivity contribution in [3.63, 3.8) is 0 Å². The first kappa shape index (κ1) is 10.1. The maximum absolute atomic E-state index is 11.2. The van der Waals surface area contributed by atoms with Crippen LogP contribution < -0.4 is 0 Å². The van der Waals surface area contributed by atoms with E-state index in [1.54, 1.807) is 0 Å². The van der Waals surface area contributed by atoms with Gasteiger partial charge in [-0.25, -0.2) is 0 Å². The molecule has 70 valence electrons. The van der Waals surface area contributed by atoms with Crippen LogP contribution in [-0.4, -0.2) is 42.3 Å². The molecule has 0 heterocycles. The number of hydrogen-bond acceptors (Lipinski definition) is 3. The van der Waals surface area contributed by atoms with Crippen LogP contribution in [0.25, 0.3) is 0 Å². The molecule has 12 heavy (non-hydrogen) atoms. The van der Waals surface area contributed by atoms with Gasteiger partial charge in [0.2, 0.25) is 0 Å². The molecular formula is C9H17NOS. The minimum atomic E-state index is 0.324. The highest BCUT2D eigenvalue weighted by molar-refractivity contribution is 8.00. The smallest absolute Gasteiger partial charge is 0.145 e. The molecule has 0 aliphatic heterocycles. The molecule has 0 radical (unpaired) electrons. The molecule has 0 bridgehead atoms. The number of thioether (sulfide) groups is 1. The van der Waals surface area contributed by atoms with Gasteiger partial charge in [-0.1, -0.05) is 0 Å². The van der Waals surface area contributed by atoms with Crippen molar-refractivity contribution in [3.8, 4) is 0 Å². The Kier molecular flexibility index (Phi) is 4.09. The lowest BCUT2D eigenvalue weighted by Gasteiger charge is -2.11. The van der Waals surface area contributed by atoms with Gasteiger partial charge in [0, 0.05) is 18.7 Å². The lowest BCUT2D eigenvalue weighted by atomic mass is 10.3. The highest BCUT2D eigenvalue weighted by Crippen LogP contribution is 2.26. The van der Waals surface area contributed by atoms with Gasteiger partial charge in [-0.3, -0.25) is 4.79 Å². The van der Waals surface area contributed by atoms with E-state index < -0.39 is 0 Å². The van der Waals surface area contributed by atoms with Gasteiger partial charge < -0.3 is 4.90 Å². The second-order valence-electron chi connectivity index (χ2n) is 3.52. The first-order chi connectivity index (χ1) is 5.70. The molecule has 1 aliphatic rings. The zero-order valence-corrected chi connectivity index (χ0v) is 8.69. The average Bonchev–Trinajstić information content (AvgIpc) is 2.36. The summed E-state index contributed by atoms with van der Waals surface area (Å²) in [6.07, 6.45) is 3.04. The van der Waals surface area contributed by atoms with E-state index >= 15 is 0 Å². The van der Waals surface area contributed by atoms with Crippen molar-refractivity contribution in [2.45, 2.75) is 24.5 Å². The fraction of sp³-hybridized carbons (Fsp3) is 0.889. The summed E-state index contributed by atoms with van der Waals surface area (Å²) >= 11 is 1.83. The Bertz CT molecular complexity index is 159. The van der Waals surface area contributed by atoms with Crippen LogP contribution in [-0.2, 0) is 4.79 Å². The number of carbonyl (C=O) groups excluding carboxylic acids is 1. The topological polar surface area (TPSA) is 20.3 Å². The molecule has 0 N–H and O–H groups in total. The molecule has 1 unspecified atom stereocenters. The third-order valence-corrected chi connectivity index (χ3v) is 3.43. The van der Waals surface area contributed by atoms with Crippen molar-refractivity contribution in [1.82, 2.24) is 4.90 Å². The quantitative estimate of drug-likeness (QED) is 0.663. The normalized spacial score (nSPS) is 23.9. The predicted octanol–water partition coefficient (Wildman–Crippen LogP) is 1.40. The molecule has 1 aliphatic carbocycles. The van der Waals surface area contributed by atoms with Crippen LogP contribution in [0.3, 0.4) is 0 Å². The van der Waals surface area contributed by atoms with E-state index in [9.17, 15) is 4.79 Å². The summed E-state index contributed by atoms with van der Waals surface area (Å²) in [6.45, 7) is 1.08. The van der Waals surface area contributed by atoms with Crippen LogP contribution in [0.1, 0.15) is 19.3 Å². The van der Waals surface area contributed by atoms with Gasteiger partial charge in [0.25, 0.3) is 0 Å². The summed E-state index contributed by atoms with van der Waals surface area (Å²) in [4.78, 5) is 13.4. The Balaban J connectivity index is 2.10. The number of ketones is 1. The molecule has 0 spiro atoms. The third kappa shape index (κ3) is 3.15. The van der Waals surface area contributed by atoms with Crippen LogP contribution >= 0.6 is 11.8 Å². The molecule has 0 saturated heterocycles. The Morgan fingerprint density at radius 1 is 1.58 bits per heavy atom. The van der Waals surface area contributed by atoms with Crippen molar-refractivity contribution in [2.24, 2.45) is 0 Å². The number of Topliss-reactive ketones (excluding diaryl/α,β-unsaturated/α-hetero) is 1. The van der Waals surface area contributed by atoms with E-state index in [-0.39, 0.29) is 0 Å². The zero-order valence-electron chi connectivity index (χ0n) is 7.88. The molecule has 2 nitrogen and oxygen atoms in total. The molecule has 1 fully saturated rings. The maximum Gasteiger partial charge on any atom is 0.145 e. The fourth-order valence-electron chi connectivity index (χ4n) is 1.34. The number of rotatable bonds is 4. The average molecular weight is 187 g/mol. The van der Waals surface area contributed by atoms with Crippen molar-refractivity contribution in [1.29, 1.82) is 0 Å². The Labute approximate surface area is 78.7 Å². The summed E-state index contributed by atoms with van der Waals surface area (Å²) in [6, 6.07) is 0. The highest BCUT2D eigenvalue weighted by Gasteiger charge is 2.23.